The average molecular weight is 331 g/mol. The van der Waals surface area contributed by atoms with Crippen LogP contribution in [0, 0.1) is 11.8 Å². The molecule has 2 amide bonds. The van der Waals surface area contributed by atoms with Gasteiger partial charge >= 0.3 is 6.03 Å². The highest BCUT2D eigenvalue weighted by molar-refractivity contribution is 5.75. The van der Waals surface area contributed by atoms with E-state index < -0.39 is 0 Å². The van der Waals surface area contributed by atoms with Gasteiger partial charge in [0.1, 0.15) is 0 Å². The van der Waals surface area contributed by atoms with Crippen LogP contribution >= 0.6 is 0 Å². The van der Waals surface area contributed by atoms with Crippen molar-refractivity contribution in [1.82, 2.24) is 20.0 Å². The fourth-order valence-electron chi connectivity index (χ4n) is 4.74. The van der Waals surface area contributed by atoms with Crippen LogP contribution in [-0.4, -0.2) is 52.9 Å². The van der Waals surface area contributed by atoms with Crippen LogP contribution in [-0.2, 0) is 7.05 Å². The Hall–Kier alpha value is -1.72. The first-order valence-corrected chi connectivity index (χ1v) is 9.48. The average Bonchev–Trinajstić information content (AvgIpc) is 3.21. The lowest BCUT2D eigenvalue weighted by molar-refractivity contribution is 0.200. The second-order valence-electron chi connectivity index (χ2n) is 7.82. The normalized spacial score (nSPS) is 30.3. The Kier molecular flexibility index (Phi) is 4.37. The van der Waals surface area contributed by atoms with Crippen LogP contribution in [0.2, 0.25) is 0 Å². The molecule has 24 heavy (non-hydrogen) atoms. The molecule has 0 spiro atoms. The number of piperidine rings is 1. The number of carbonyl (C=O) groups is 1. The Balaban J connectivity index is 1.32. The summed E-state index contributed by atoms with van der Waals surface area (Å²) in [5.74, 6) is 1.51. The van der Waals surface area contributed by atoms with Crippen molar-refractivity contribution in [3.8, 4) is 0 Å². The van der Waals surface area contributed by atoms with E-state index in [-0.39, 0.29) is 12.1 Å². The minimum absolute atomic E-state index is 0.155. The van der Waals surface area contributed by atoms with Crippen molar-refractivity contribution in [2.75, 3.05) is 31.1 Å². The zero-order valence-electron chi connectivity index (χ0n) is 14.7. The molecule has 6 nitrogen and oxygen atoms in total. The van der Waals surface area contributed by atoms with E-state index in [1.54, 1.807) is 0 Å². The third kappa shape index (κ3) is 3.23. The van der Waals surface area contributed by atoms with Gasteiger partial charge in [-0.15, -0.1) is 0 Å². The highest BCUT2D eigenvalue weighted by atomic mass is 16.2. The van der Waals surface area contributed by atoms with E-state index in [0.29, 0.717) is 0 Å². The predicted molar refractivity (Wildman–Crippen MR) is 94.0 cm³/mol. The van der Waals surface area contributed by atoms with E-state index >= 15 is 0 Å². The molecule has 2 saturated heterocycles. The van der Waals surface area contributed by atoms with E-state index in [1.807, 2.05) is 17.9 Å². The second kappa shape index (κ2) is 6.65. The molecule has 0 bridgehead atoms. The molecule has 0 radical (unpaired) electrons. The van der Waals surface area contributed by atoms with Crippen molar-refractivity contribution in [3.05, 3.63) is 12.4 Å². The molecule has 1 saturated carbocycles. The number of urea groups is 1. The number of nitrogens with one attached hydrogen (secondary N) is 1. The van der Waals surface area contributed by atoms with Crippen LogP contribution < -0.4 is 10.2 Å². The first-order valence-electron chi connectivity index (χ1n) is 9.48. The van der Waals surface area contributed by atoms with Gasteiger partial charge in [-0.1, -0.05) is 12.8 Å². The summed E-state index contributed by atoms with van der Waals surface area (Å²) in [6.45, 7) is 3.87. The van der Waals surface area contributed by atoms with Crippen LogP contribution in [0.1, 0.15) is 38.5 Å². The van der Waals surface area contributed by atoms with Gasteiger partial charge in [-0.25, -0.2) is 4.79 Å². The van der Waals surface area contributed by atoms with Gasteiger partial charge in [0, 0.05) is 45.5 Å². The number of amides is 2. The minimum Gasteiger partial charge on any atom is -0.367 e. The summed E-state index contributed by atoms with van der Waals surface area (Å²) in [5, 5.41) is 7.56. The van der Waals surface area contributed by atoms with E-state index in [2.05, 4.69) is 26.4 Å². The van der Waals surface area contributed by atoms with Crippen LogP contribution in [0.3, 0.4) is 0 Å². The summed E-state index contributed by atoms with van der Waals surface area (Å²) in [6.07, 6.45) is 11.5. The van der Waals surface area contributed by atoms with Crippen LogP contribution in [0.4, 0.5) is 10.5 Å². The number of aromatic nitrogens is 2. The monoisotopic (exact) mass is 331 g/mol. The second-order valence-corrected chi connectivity index (χ2v) is 7.82. The summed E-state index contributed by atoms with van der Waals surface area (Å²) in [7, 11) is 1.94. The standard InChI is InChI=1S/C18H29N5O/c1-21-13-17(9-19-21)22-8-4-7-16(12-22)20-18(24)23-10-14-5-2-3-6-15(14)11-23/h9,13-16H,2-8,10-12H2,1H3,(H,20,24)/t14-,15-,16+/m1/s1. The van der Waals surface area contributed by atoms with Crippen LogP contribution in [0.5, 0.6) is 0 Å². The van der Waals surface area contributed by atoms with Crippen molar-refractivity contribution >= 4 is 11.7 Å². The lowest BCUT2D eigenvalue weighted by Crippen LogP contribution is -2.51. The maximum atomic E-state index is 12.7. The molecular weight excluding hydrogens is 302 g/mol. The number of likely N-dealkylation sites (tertiary alicyclic amines) is 1. The smallest absolute Gasteiger partial charge is 0.317 e. The summed E-state index contributed by atoms with van der Waals surface area (Å²) in [4.78, 5) is 17.1. The van der Waals surface area contributed by atoms with Gasteiger partial charge in [0.2, 0.25) is 0 Å². The molecule has 0 unspecified atom stereocenters. The third-order valence-electron chi connectivity index (χ3n) is 6.07. The summed E-state index contributed by atoms with van der Waals surface area (Å²) in [5.41, 5.74) is 1.16. The zero-order chi connectivity index (χ0) is 16.5. The first kappa shape index (κ1) is 15.8. The minimum atomic E-state index is 0.155. The third-order valence-corrected chi connectivity index (χ3v) is 6.07. The largest absolute Gasteiger partial charge is 0.367 e. The maximum Gasteiger partial charge on any atom is 0.317 e. The molecule has 0 aromatic carbocycles. The van der Waals surface area contributed by atoms with Gasteiger partial charge in [-0.3, -0.25) is 4.68 Å². The Labute approximate surface area is 144 Å². The number of anilines is 1. The quantitative estimate of drug-likeness (QED) is 0.904. The fraction of sp³-hybridized carbons (Fsp3) is 0.778. The van der Waals surface area contributed by atoms with Gasteiger partial charge in [0.05, 0.1) is 11.9 Å². The molecule has 1 aliphatic carbocycles. The highest BCUT2D eigenvalue weighted by Crippen LogP contribution is 2.36. The highest BCUT2D eigenvalue weighted by Gasteiger charge is 2.37. The molecule has 4 rings (SSSR count). The van der Waals surface area contributed by atoms with E-state index in [0.717, 1.165) is 56.5 Å². The molecular formula is C18H29N5O. The molecule has 3 fully saturated rings. The zero-order valence-corrected chi connectivity index (χ0v) is 14.7. The van der Waals surface area contributed by atoms with Crippen LogP contribution in [0.25, 0.3) is 0 Å². The number of carbonyl (C=O) groups excluding carboxylic acids is 1. The number of hydrogen-bond donors (Lipinski definition) is 1. The number of aryl methyl sites for hydroxylation is 1. The lowest BCUT2D eigenvalue weighted by Gasteiger charge is -2.34. The van der Waals surface area contributed by atoms with E-state index in [9.17, 15) is 4.79 Å². The van der Waals surface area contributed by atoms with Gasteiger partial charge in [-0.05, 0) is 37.5 Å². The SMILES string of the molecule is Cn1cc(N2CCC[C@H](NC(=O)N3C[C@H]4CCCC[C@@H]4C3)C2)cn1. The molecule has 3 aliphatic rings. The lowest BCUT2D eigenvalue weighted by atomic mass is 9.82. The number of rotatable bonds is 2. The Morgan fingerprint density at radius 1 is 1.12 bits per heavy atom. The van der Waals surface area contributed by atoms with E-state index in [1.165, 1.54) is 25.7 Å². The number of nitrogens with zero attached hydrogens (tertiary/aromatic N) is 4. The summed E-state index contributed by atoms with van der Waals surface area (Å²) in [6, 6.07) is 0.400. The van der Waals surface area contributed by atoms with Crippen LogP contribution in [0.15, 0.2) is 12.4 Å². The van der Waals surface area contributed by atoms with Crippen molar-refractivity contribution in [1.29, 1.82) is 0 Å². The molecule has 1 N–H and O–H groups in total. The van der Waals surface area contributed by atoms with Crippen molar-refractivity contribution in [2.45, 2.75) is 44.6 Å². The molecule has 3 atom stereocenters. The van der Waals surface area contributed by atoms with Crippen molar-refractivity contribution in [3.63, 3.8) is 0 Å². The van der Waals surface area contributed by atoms with Crippen molar-refractivity contribution < 1.29 is 4.79 Å². The van der Waals surface area contributed by atoms with Crippen molar-refractivity contribution in [2.24, 2.45) is 18.9 Å². The van der Waals surface area contributed by atoms with Gasteiger partial charge in [-0.2, -0.15) is 5.10 Å². The number of fused-ring (bicyclic) bond motifs is 1. The summed E-state index contributed by atoms with van der Waals surface area (Å²) < 4.78 is 1.84. The predicted octanol–water partition coefficient (Wildman–Crippen LogP) is 2.22. The van der Waals surface area contributed by atoms with Gasteiger partial charge in [0.15, 0.2) is 0 Å². The van der Waals surface area contributed by atoms with E-state index in [4.69, 9.17) is 0 Å². The Morgan fingerprint density at radius 2 is 1.88 bits per heavy atom. The molecule has 3 heterocycles. The number of hydrogen-bond acceptors (Lipinski definition) is 3. The van der Waals surface area contributed by atoms with Gasteiger partial charge in [0.25, 0.3) is 0 Å². The molecule has 2 aliphatic heterocycles. The summed E-state index contributed by atoms with van der Waals surface area (Å²) >= 11 is 0. The fourth-order valence-corrected chi connectivity index (χ4v) is 4.74. The molecule has 1 aromatic rings. The molecule has 1 aromatic heterocycles. The Bertz CT molecular complexity index is 572. The molecule has 132 valence electrons. The Morgan fingerprint density at radius 3 is 2.54 bits per heavy atom. The maximum absolute atomic E-state index is 12.7. The topological polar surface area (TPSA) is 53.4 Å². The molecule has 6 heteroatoms. The first-order chi connectivity index (χ1) is 11.7. The van der Waals surface area contributed by atoms with Gasteiger partial charge < -0.3 is 15.1 Å².